The van der Waals surface area contributed by atoms with Crippen LogP contribution in [0.3, 0.4) is 0 Å². The fraction of sp³-hybridized carbons (Fsp3) is 0.200. The Balaban J connectivity index is 2.07. The minimum absolute atomic E-state index is 0.0466. The van der Waals surface area contributed by atoms with Crippen molar-refractivity contribution < 1.29 is 18.7 Å². The van der Waals surface area contributed by atoms with Gasteiger partial charge in [0.1, 0.15) is 28.9 Å². The Kier molecular flexibility index (Phi) is 5.38. The minimum atomic E-state index is -0.785. The molecule has 1 aromatic heterocycles. The maximum Gasteiger partial charge on any atom is 0.338 e. The molecule has 0 aliphatic carbocycles. The predicted octanol–water partition coefficient (Wildman–Crippen LogP) is 4.35. The van der Waals surface area contributed by atoms with Gasteiger partial charge in [-0.2, -0.15) is 5.26 Å². The van der Waals surface area contributed by atoms with Gasteiger partial charge in [-0.3, -0.25) is 0 Å². The molecule has 0 radical (unpaired) electrons. The second-order valence-electron chi connectivity index (χ2n) is 5.82. The lowest BCUT2D eigenvalue weighted by Crippen LogP contribution is -2.25. The Morgan fingerprint density at radius 2 is 2.00 bits per heavy atom. The summed E-state index contributed by atoms with van der Waals surface area (Å²) >= 11 is 3.40. The second-order valence-corrected chi connectivity index (χ2v) is 6.74. The van der Waals surface area contributed by atoms with E-state index in [0.717, 1.165) is 10.0 Å². The molecule has 2 N–H and O–H groups in total. The molecule has 7 heteroatoms. The Labute approximate surface area is 165 Å². The molecule has 1 aromatic carbocycles. The zero-order valence-corrected chi connectivity index (χ0v) is 16.4. The third kappa shape index (κ3) is 3.62. The van der Waals surface area contributed by atoms with Crippen molar-refractivity contribution in [3.8, 4) is 17.4 Å². The smallest absolute Gasteiger partial charge is 0.338 e. The second kappa shape index (κ2) is 7.72. The summed E-state index contributed by atoms with van der Waals surface area (Å²) in [5.74, 6) is -0.0844. The first-order chi connectivity index (χ1) is 13.0. The first-order valence-electron chi connectivity index (χ1n) is 8.27. The molecule has 0 amide bonds. The molecule has 2 heterocycles. The highest BCUT2D eigenvalue weighted by molar-refractivity contribution is 9.10. The first-order valence-corrected chi connectivity index (χ1v) is 9.06. The number of benzene rings is 1. The molecule has 2 aromatic rings. The lowest BCUT2D eigenvalue weighted by Gasteiger charge is -2.25. The number of nitrogens with zero attached hydrogens (tertiary/aromatic N) is 1. The van der Waals surface area contributed by atoms with Crippen LogP contribution in [0.1, 0.15) is 25.5 Å². The molecule has 0 saturated heterocycles. The van der Waals surface area contributed by atoms with E-state index < -0.39 is 11.9 Å². The summed E-state index contributed by atoms with van der Waals surface area (Å²) in [5, 5.41) is 9.57. The summed E-state index contributed by atoms with van der Waals surface area (Å²) in [6.45, 7) is 3.52. The number of nitrogens with two attached hydrogens (primary N) is 1. The summed E-state index contributed by atoms with van der Waals surface area (Å²) in [6, 6.07) is 13.2. The maximum absolute atomic E-state index is 12.5. The van der Waals surface area contributed by atoms with E-state index in [-0.39, 0.29) is 29.4 Å². The van der Waals surface area contributed by atoms with Crippen LogP contribution in [0, 0.1) is 11.3 Å². The number of nitriles is 1. The third-order valence-electron chi connectivity index (χ3n) is 4.14. The highest BCUT2D eigenvalue weighted by Gasteiger charge is 2.38. The highest BCUT2D eigenvalue weighted by atomic mass is 79.9. The van der Waals surface area contributed by atoms with Crippen molar-refractivity contribution in [2.75, 3.05) is 6.61 Å². The number of allylic oxidation sites excluding steroid dienone is 2. The Bertz CT molecular complexity index is 980. The SMILES string of the molecule is CCOC(=O)C1=C(C)OC(N)=C(C#N)C1c1ccc(-c2ccc(Br)cc2)o1. The van der Waals surface area contributed by atoms with E-state index in [1.54, 1.807) is 26.0 Å². The van der Waals surface area contributed by atoms with Gasteiger partial charge >= 0.3 is 5.97 Å². The van der Waals surface area contributed by atoms with Crippen LogP contribution < -0.4 is 5.73 Å². The van der Waals surface area contributed by atoms with Crippen molar-refractivity contribution in [2.45, 2.75) is 19.8 Å². The van der Waals surface area contributed by atoms with Gasteiger partial charge in [-0.05, 0) is 38.1 Å². The van der Waals surface area contributed by atoms with Gasteiger partial charge in [0.15, 0.2) is 0 Å². The van der Waals surface area contributed by atoms with E-state index in [1.807, 2.05) is 30.3 Å². The number of furan rings is 1. The van der Waals surface area contributed by atoms with E-state index in [9.17, 15) is 10.1 Å². The van der Waals surface area contributed by atoms with Gasteiger partial charge in [0, 0.05) is 10.0 Å². The van der Waals surface area contributed by atoms with Gasteiger partial charge in [0.2, 0.25) is 5.88 Å². The topological polar surface area (TPSA) is 98.5 Å². The molecule has 0 saturated carbocycles. The minimum Gasteiger partial charge on any atom is -0.463 e. The number of ether oxygens (including phenoxy) is 2. The summed E-state index contributed by atoms with van der Waals surface area (Å²) < 4.78 is 17.5. The van der Waals surface area contributed by atoms with Crippen LogP contribution in [0.2, 0.25) is 0 Å². The Hall–Kier alpha value is -2.98. The molecule has 0 fully saturated rings. The lowest BCUT2D eigenvalue weighted by atomic mass is 9.87. The van der Waals surface area contributed by atoms with Crippen molar-refractivity contribution in [2.24, 2.45) is 5.73 Å². The number of carbonyl (C=O) groups excluding carboxylic acids is 1. The van der Waals surface area contributed by atoms with E-state index in [0.29, 0.717) is 11.5 Å². The van der Waals surface area contributed by atoms with Crippen molar-refractivity contribution in [3.63, 3.8) is 0 Å². The molecule has 1 unspecified atom stereocenters. The quantitative estimate of drug-likeness (QED) is 0.726. The maximum atomic E-state index is 12.5. The van der Waals surface area contributed by atoms with Crippen LogP contribution >= 0.6 is 15.9 Å². The van der Waals surface area contributed by atoms with Crippen LogP contribution in [0.4, 0.5) is 0 Å². The Morgan fingerprint density at radius 3 is 2.63 bits per heavy atom. The van der Waals surface area contributed by atoms with Crippen LogP contribution in [0.25, 0.3) is 11.3 Å². The molecular formula is C20H17BrN2O4. The van der Waals surface area contributed by atoms with Gasteiger partial charge in [-0.25, -0.2) is 4.79 Å². The molecule has 1 atom stereocenters. The summed E-state index contributed by atoms with van der Waals surface area (Å²) in [5.41, 5.74) is 7.07. The van der Waals surface area contributed by atoms with E-state index >= 15 is 0 Å². The highest BCUT2D eigenvalue weighted by Crippen LogP contribution is 2.41. The molecular weight excluding hydrogens is 412 g/mol. The van der Waals surface area contributed by atoms with Crippen molar-refractivity contribution in [3.05, 3.63) is 69.4 Å². The zero-order valence-electron chi connectivity index (χ0n) is 14.8. The summed E-state index contributed by atoms with van der Waals surface area (Å²) in [4.78, 5) is 12.5. The molecule has 6 nitrogen and oxygen atoms in total. The van der Waals surface area contributed by atoms with Crippen LogP contribution in [0.15, 0.2) is 68.1 Å². The number of carbonyl (C=O) groups is 1. The van der Waals surface area contributed by atoms with Crippen LogP contribution in [-0.4, -0.2) is 12.6 Å². The van der Waals surface area contributed by atoms with Gasteiger partial charge < -0.3 is 19.6 Å². The number of hydrogen-bond acceptors (Lipinski definition) is 6. The molecule has 27 heavy (non-hydrogen) atoms. The van der Waals surface area contributed by atoms with Crippen LogP contribution in [0.5, 0.6) is 0 Å². The van der Waals surface area contributed by atoms with Crippen LogP contribution in [-0.2, 0) is 14.3 Å². The first kappa shape index (κ1) is 18.8. The Morgan fingerprint density at radius 1 is 1.30 bits per heavy atom. The average Bonchev–Trinajstić information content (AvgIpc) is 3.11. The molecule has 1 aliphatic heterocycles. The molecule has 1 aliphatic rings. The summed E-state index contributed by atoms with van der Waals surface area (Å²) in [7, 11) is 0. The lowest BCUT2D eigenvalue weighted by molar-refractivity contribution is -0.139. The van der Waals surface area contributed by atoms with E-state index in [4.69, 9.17) is 19.6 Å². The fourth-order valence-electron chi connectivity index (χ4n) is 2.92. The van der Waals surface area contributed by atoms with Gasteiger partial charge in [-0.1, -0.05) is 28.1 Å². The van der Waals surface area contributed by atoms with Gasteiger partial charge in [-0.15, -0.1) is 0 Å². The molecule has 3 rings (SSSR count). The largest absolute Gasteiger partial charge is 0.463 e. The zero-order chi connectivity index (χ0) is 19.6. The third-order valence-corrected chi connectivity index (χ3v) is 4.67. The number of esters is 1. The van der Waals surface area contributed by atoms with Gasteiger partial charge in [0.25, 0.3) is 0 Å². The predicted molar refractivity (Wildman–Crippen MR) is 102 cm³/mol. The number of halogens is 1. The van der Waals surface area contributed by atoms with Crippen molar-refractivity contribution in [1.29, 1.82) is 5.26 Å². The molecule has 138 valence electrons. The fourth-order valence-corrected chi connectivity index (χ4v) is 3.18. The van der Waals surface area contributed by atoms with E-state index in [2.05, 4.69) is 15.9 Å². The standard InChI is InChI=1S/C20H17BrN2O4/c1-3-25-20(24)17-11(2)26-19(23)14(10-22)18(17)16-9-8-15(27-16)12-4-6-13(21)7-5-12/h4-9,18H,3,23H2,1-2H3. The average molecular weight is 429 g/mol. The van der Waals surface area contributed by atoms with E-state index in [1.165, 1.54) is 0 Å². The molecule has 0 spiro atoms. The van der Waals surface area contributed by atoms with Gasteiger partial charge in [0.05, 0.1) is 18.1 Å². The number of hydrogen-bond donors (Lipinski definition) is 1. The summed E-state index contributed by atoms with van der Waals surface area (Å²) in [6.07, 6.45) is 0. The number of rotatable bonds is 4. The molecule has 0 bridgehead atoms. The van der Waals surface area contributed by atoms with Crippen molar-refractivity contribution >= 4 is 21.9 Å². The normalized spacial score (nSPS) is 16.7. The van der Waals surface area contributed by atoms with Crippen molar-refractivity contribution in [1.82, 2.24) is 0 Å². The monoisotopic (exact) mass is 428 g/mol.